The van der Waals surface area contributed by atoms with Crippen LogP contribution in [0.2, 0.25) is 0 Å². The first-order valence-electron chi connectivity index (χ1n) is 24.8. The minimum atomic E-state index is -0.0989. The number of fused-ring (bicyclic) bond motifs is 4. The number of nitrogens with zero attached hydrogens (tertiary/aromatic N) is 4. The number of rotatable bonds is 7. The maximum Gasteiger partial charge on any atom is 0.137 e. The second kappa shape index (κ2) is 16.7. The Labute approximate surface area is 388 Å². The minimum Gasteiger partial charge on any atom is -0.457 e. The molecule has 3 aliphatic rings. The molecular weight excluding hydrogens is 793 g/mol. The standard InChI is InChI=1S/C60H70N4O/c1-58(2,3)42-30-31-61-56(36-42)64-52-25-17-16-24-48(52)49-29-28-46(38-55(49)64)65-47-33-43(59(4,5)6)32-45(37-47)62-39-63(54-27-19-18-26-53(54)62)57-50(40-20-12-10-13-21-40)34-44(60(7,8)9)35-51(57)41-22-14-11-15-23-41/h16-19,24-38,40-41H,10-15,20-23,39H2,1-9H3. The Morgan fingerprint density at radius 3 is 1.69 bits per heavy atom. The van der Waals surface area contributed by atoms with Crippen LogP contribution in [0.3, 0.4) is 0 Å². The molecule has 0 bridgehead atoms. The van der Waals surface area contributed by atoms with Crippen LogP contribution in [0.25, 0.3) is 27.6 Å². The largest absolute Gasteiger partial charge is 0.457 e. The average Bonchev–Trinajstić information content (AvgIpc) is 3.84. The van der Waals surface area contributed by atoms with Gasteiger partial charge >= 0.3 is 0 Å². The number of para-hydroxylation sites is 3. The topological polar surface area (TPSA) is 33.5 Å². The van der Waals surface area contributed by atoms with Crippen molar-refractivity contribution in [3.63, 3.8) is 0 Å². The van der Waals surface area contributed by atoms with E-state index in [1.54, 1.807) is 11.1 Å². The highest BCUT2D eigenvalue weighted by Gasteiger charge is 2.36. The van der Waals surface area contributed by atoms with Gasteiger partial charge < -0.3 is 14.5 Å². The second-order valence-electron chi connectivity index (χ2n) is 22.7. The summed E-state index contributed by atoms with van der Waals surface area (Å²) in [5.74, 6) is 3.74. The van der Waals surface area contributed by atoms with Gasteiger partial charge in [0.2, 0.25) is 0 Å². The van der Waals surface area contributed by atoms with Crippen LogP contribution in [0.15, 0.2) is 115 Å². The van der Waals surface area contributed by atoms with Gasteiger partial charge in [0.05, 0.1) is 22.4 Å². The van der Waals surface area contributed by atoms with Crippen molar-refractivity contribution in [2.75, 3.05) is 16.5 Å². The molecule has 2 saturated carbocycles. The molecule has 10 rings (SSSR count). The van der Waals surface area contributed by atoms with Crippen LogP contribution in [0.1, 0.15) is 166 Å². The maximum absolute atomic E-state index is 7.05. The number of anilines is 4. The Kier molecular flexibility index (Phi) is 11.1. The summed E-state index contributed by atoms with van der Waals surface area (Å²) >= 11 is 0. The molecule has 0 spiro atoms. The van der Waals surface area contributed by atoms with Crippen molar-refractivity contribution in [1.82, 2.24) is 9.55 Å². The Morgan fingerprint density at radius 1 is 0.492 bits per heavy atom. The van der Waals surface area contributed by atoms with Gasteiger partial charge in [-0.3, -0.25) is 4.57 Å². The van der Waals surface area contributed by atoms with E-state index in [-0.39, 0.29) is 16.2 Å². The van der Waals surface area contributed by atoms with Crippen LogP contribution >= 0.6 is 0 Å². The monoisotopic (exact) mass is 863 g/mol. The van der Waals surface area contributed by atoms with E-state index in [1.165, 1.54) is 109 Å². The molecule has 0 saturated heterocycles. The van der Waals surface area contributed by atoms with Crippen molar-refractivity contribution in [1.29, 1.82) is 0 Å². The van der Waals surface area contributed by atoms with E-state index in [4.69, 9.17) is 9.72 Å². The summed E-state index contributed by atoms with van der Waals surface area (Å²) in [6.45, 7) is 21.7. The summed E-state index contributed by atoms with van der Waals surface area (Å²) in [5, 5.41) is 2.39. The highest BCUT2D eigenvalue weighted by molar-refractivity contribution is 6.09. The van der Waals surface area contributed by atoms with Crippen molar-refractivity contribution in [3.05, 3.63) is 143 Å². The molecular formula is C60H70N4O. The van der Waals surface area contributed by atoms with Crippen molar-refractivity contribution in [3.8, 4) is 17.3 Å². The predicted octanol–water partition coefficient (Wildman–Crippen LogP) is 17.2. The molecule has 0 unspecified atom stereocenters. The quantitative estimate of drug-likeness (QED) is 0.160. The summed E-state index contributed by atoms with van der Waals surface area (Å²) in [7, 11) is 0. The Bertz CT molecular complexity index is 2830. The fraction of sp³-hybridized carbons (Fsp3) is 0.417. The lowest BCUT2D eigenvalue weighted by atomic mass is 9.74. The fourth-order valence-electron chi connectivity index (χ4n) is 11.1. The number of ether oxygens (including phenoxy) is 1. The van der Waals surface area contributed by atoms with E-state index in [2.05, 4.69) is 186 Å². The predicted molar refractivity (Wildman–Crippen MR) is 275 cm³/mol. The lowest BCUT2D eigenvalue weighted by Crippen LogP contribution is -2.28. The summed E-state index contributed by atoms with van der Waals surface area (Å²) in [6, 6.07) is 41.0. The minimum absolute atomic E-state index is 0.000376. The Balaban J connectivity index is 1.08. The van der Waals surface area contributed by atoms with E-state index in [1.807, 2.05) is 6.20 Å². The molecule has 0 radical (unpaired) electrons. The number of pyridine rings is 1. The van der Waals surface area contributed by atoms with Crippen molar-refractivity contribution >= 4 is 44.6 Å². The first-order chi connectivity index (χ1) is 31.1. The maximum atomic E-state index is 7.05. The zero-order valence-corrected chi connectivity index (χ0v) is 40.6. The van der Waals surface area contributed by atoms with Crippen molar-refractivity contribution in [2.45, 2.75) is 155 Å². The first kappa shape index (κ1) is 43.3. The van der Waals surface area contributed by atoms with Crippen molar-refractivity contribution < 1.29 is 4.74 Å². The molecule has 2 aromatic heterocycles. The number of hydrogen-bond donors (Lipinski definition) is 0. The van der Waals surface area contributed by atoms with E-state index in [9.17, 15) is 0 Å². The van der Waals surface area contributed by atoms with Gasteiger partial charge in [0.15, 0.2) is 0 Å². The molecule has 2 fully saturated rings. The Morgan fingerprint density at radius 2 is 1.06 bits per heavy atom. The van der Waals surface area contributed by atoms with E-state index < -0.39 is 0 Å². The third kappa shape index (κ3) is 8.34. The van der Waals surface area contributed by atoms with E-state index >= 15 is 0 Å². The van der Waals surface area contributed by atoms with E-state index in [0.29, 0.717) is 11.8 Å². The highest BCUT2D eigenvalue weighted by Crippen LogP contribution is 2.53. The first-order valence-corrected chi connectivity index (χ1v) is 24.8. The van der Waals surface area contributed by atoms with Crippen LogP contribution in [0, 0.1) is 0 Å². The van der Waals surface area contributed by atoms with Crippen LogP contribution in [-0.2, 0) is 16.2 Å². The van der Waals surface area contributed by atoms with Crippen LogP contribution < -0.4 is 14.5 Å². The van der Waals surface area contributed by atoms with Gasteiger partial charge in [0, 0.05) is 40.5 Å². The lowest BCUT2D eigenvalue weighted by Gasteiger charge is -2.36. The zero-order chi connectivity index (χ0) is 45.3. The molecule has 1 aliphatic heterocycles. The molecule has 7 aromatic rings. The number of benzene rings is 5. The van der Waals surface area contributed by atoms with Gasteiger partial charge in [-0.15, -0.1) is 0 Å². The van der Waals surface area contributed by atoms with Crippen molar-refractivity contribution in [2.24, 2.45) is 0 Å². The Hall–Kier alpha value is -5.55. The van der Waals surface area contributed by atoms with Gasteiger partial charge in [0.25, 0.3) is 0 Å². The highest BCUT2D eigenvalue weighted by atomic mass is 16.5. The summed E-state index contributed by atoms with van der Waals surface area (Å²) in [5.41, 5.74) is 14.6. The van der Waals surface area contributed by atoms with Gasteiger partial charge in [0.1, 0.15) is 24.0 Å². The van der Waals surface area contributed by atoms with Crippen LogP contribution in [0.4, 0.5) is 22.7 Å². The third-order valence-electron chi connectivity index (χ3n) is 14.9. The molecule has 0 amide bonds. The fourth-order valence-corrected chi connectivity index (χ4v) is 11.1. The van der Waals surface area contributed by atoms with Gasteiger partial charge in [-0.05, 0) is 136 Å². The number of hydrogen-bond acceptors (Lipinski definition) is 4. The van der Waals surface area contributed by atoms with Crippen LogP contribution in [0.5, 0.6) is 11.5 Å². The van der Waals surface area contributed by atoms with Gasteiger partial charge in [-0.25, -0.2) is 4.98 Å². The van der Waals surface area contributed by atoms with Crippen LogP contribution in [-0.4, -0.2) is 16.2 Å². The SMILES string of the molecule is CC(C)(C)c1cc(Oc2ccc3c4ccccc4n(-c4cc(C(C)(C)C)ccn4)c3c2)cc(N2CN(c3c(C4CCCCC4)cc(C(C)(C)C)cc3C3CCCCC3)c3ccccc32)c1. The van der Waals surface area contributed by atoms with Gasteiger partial charge in [-0.1, -0.05) is 143 Å². The second-order valence-corrected chi connectivity index (χ2v) is 22.7. The lowest BCUT2D eigenvalue weighted by molar-refractivity contribution is 0.434. The van der Waals surface area contributed by atoms with Gasteiger partial charge in [-0.2, -0.15) is 0 Å². The zero-order valence-electron chi connectivity index (χ0n) is 40.6. The molecule has 5 aromatic carbocycles. The summed E-state index contributed by atoms with van der Waals surface area (Å²) in [6.07, 6.45) is 15.1. The summed E-state index contributed by atoms with van der Waals surface area (Å²) < 4.78 is 9.36. The molecule has 65 heavy (non-hydrogen) atoms. The molecule has 336 valence electrons. The molecule has 5 heteroatoms. The molecule has 0 N–H and O–H groups in total. The molecule has 5 nitrogen and oxygen atoms in total. The molecule has 2 aliphatic carbocycles. The summed E-state index contributed by atoms with van der Waals surface area (Å²) in [4.78, 5) is 10.2. The number of aromatic nitrogens is 2. The third-order valence-corrected chi connectivity index (χ3v) is 14.9. The average molecular weight is 863 g/mol. The smallest absolute Gasteiger partial charge is 0.137 e. The van der Waals surface area contributed by atoms with E-state index in [0.717, 1.165) is 40.7 Å². The normalized spacial score (nSPS) is 16.8. The molecule has 0 atom stereocenters. The molecule has 3 heterocycles.